The fourth-order valence-corrected chi connectivity index (χ4v) is 2.84. The Morgan fingerprint density at radius 3 is 2.53 bits per heavy atom. The number of amides is 1. The molecule has 1 amide bonds. The summed E-state index contributed by atoms with van der Waals surface area (Å²) in [6.07, 6.45) is 4.60. The summed E-state index contributed by atoms with van der Waals surface area (Å²) in [7, 11) is 1.69. The summed E-state index contributed by atoms with van der Waals surface area (Å²) >= 11 is 0. The smallest absolute Gasteiger partial charge is 0.309 e. The number of carbonyl (C=O) groups excluding carboxylic acids is 1. The van der Waals surface area contributed by atoms with Crippen LogP contribution in [0.1, 0.15) is 25.7 Å². The molecule has 96 valence electrons. The fourth-order valence-electron chi connectivity index (χ4n) is 2.84. The SMILES string of the molecule is CN1CC(C(=O)O)CN(C2CCCC2)CC1=O. The maximum Gasteiger partial charge on any atom is 0.309 e. The molecule has 5 heteroatoms. The van der Waals surface area contributed by atoms with E-state index >= 15 is 0 Å². The largest absolute Gasteiger partial charge is 0.481 e. The van der Waals surface area contributed by atoms with Gasteiger partial charge < -0.3 is 10.0 Å². The van der Waals surface area contributed by atoms with E-state index in [9.17, 15) is 9.59 Å². The molecule has 0 spiro atoms. The highest BCUT2D eigenvalue weighted by Gasteiger charge is 2.34. The quantitative estimate of drug-likeness (QED) is 0.759. The molecular weight excluding hydrogens is 220 g/mol. The van der Waals surface area contributed by atoms with Crippen molar-refractivity contribution >= 4 is 11.9 Å². The third kappa shape index (κ3) is 2.77. The van der Waals surface area contributed by atoms with E-state index < -0.39 is 11.9 Å². The lowest BCUT2D eigenvalue weighted by molar-refractivity contribution is -0.142. The standard InChI is InChI=1S/C12H20N2O3/c1-13-6-9(12(16)17)7-14(8-11(13)15)10-4-2-3-5-10/h9-10H,2-8H2,1H3,(H,16,17). The van der Waals surface area contributed by atoms with Crippen molar-refractivity contribution in [3.8, 4) is 0 Å². The van der Waals surface area contributed by atoms with Crippen LogP contribution in [0.2, 0.25) is 0 Å². The zero-order valence-corrected chi connectivity index (χ0v) is 10.3. The van der Waals surface area contributed by atoms with Crippen LogP contribution in [0.25, 0.3) is 0 Å². The lowest BCUT2D eigenvalue weighted by Gasteiger charge is -2.27. The van der Waals surface area contributed by atoms with Crippen molar-refractivity contribution in [3.05, 3.63) is 0 Å². The molecule has 0 aromatic heterocycles. The van der Waals surface area contributed by atoms with E-state index in [1.165, 1.54) is 12.8 Å². The van der Waals surface area contributed by atoms with E-state index in [1.807, 2.05) is 0 Å². The fraction of sp³-hybridized carbons (Fsp3) is 0.833. The molecule has 5 nitrogen and oxygen atoms in total. The van der Waals surface area contributed by atoms with Crippen molar-refractivity contribution in [2.24, 2.45) is 5.92 Å². The normalized spacial score (nSPS) is 28.4. The van der Waals surface area contributed by atoms with Gasteiger partial charge in [0, 0.05) is 26.2 Å². The van der Waals surface area contributed by atoms with E-state index in [2.05, 4.69) is 4.90 Å². The molecule has 2 aliphatic rings. The van der Waals surface area contributed by atoms with E-state index in [-0.39, 0.29) is 5.91 Å². The summed E-state index contributed by atoms with van der Waals surface area (Å²) in [5.74, 6) is -1.21. The summed E-state index contributed by atoms with van der Waals surface area (Å²) < 4.78 is 0. The summed E-state index contributed by atoms with van der Waals surface area (Å²) in [4.78, 5) is 26.6. The molecule has 0 bridgehead atoms. The van der Waals surface area contributed by atoms with Gasteiger partial charge in [-0.15, -0.1) is 0 Å². The summed E-state index contributed by atoms with van der Waals surface area (Å²) in [6.45, 7) is 1.22. The van der Waals surface area contributed by atoms with Gasteiger partial charge in [-0.05, 0) is 12.8 Å². The van der Waals surface area contributed by atoms with Crippen LogP contribution >= 0.6 is 0 Å². The minimum absolute atomic E-state index is 0.0423. The maximum atomic E-state index is 11.8. The maximum absolute atomic E-state index is 11.8. The van der Waals surface area contributed by atoms with Gasteiger partial charge in [0.2, 0.25) is 5.91 Å². The molecule has 2 fully saturated rings. The van der Waals surface area contributed by atoms with Crippen LogP contribution in [0.4, 0.5) is 0 Å². The number of carboxylic acids is 1. The van der Waals surface area contributed by atoms with Gasteiger partial charge in [0.05, 0.1) is 12.5 Å². The molecule has 1 atom stereocenters. The molecule has 1 unspecified atom stereocenters. The highest BCUT2D eigenvalue weighted by atomic mass is 16.4. The van der Waals surface area contributed by atoms with Gasteiger partial charge in [-0.3, -0.25) is 14.5 Å². The summed E-state index contributed by atoms with van der Waals surface area (Å²) in [6, 6.07) is 0.410. The molecular formula is C12H20N2O3. The Morgan fingerprint density at radius 2 is 1.94 bits per heavy atom. The van der Waals surface area contributed by atoms with Crippen molar-refractivity contribution < 1.29 is 14.7 Å². The predicted octanol–water partition coefficient (Wildman–Crippen LogP) is 0.404. The summed E-state index contributed by atoms with van der Waals surface area (Å²) in [5.41, 5.74) is 0. The monoisotopic (exact) mass is 240 g/mol. The number of rotatable bonds is 2. The van der Waals surface area contributed by atoms with Crippen molar-refractivity contribution in [2.45, 2.75) is 31.7 Å². The first-order valence-corrected chi connectivity index (χ1v) is 6.28. The van der Waals surface area contributed by atoms with Crippen molar-refractivity contribution in [2.75, 3.05) is 26.7 Å². The molecule has 0 aromatic rings. The van der Waals surface area contributed by atoms with Crippen LogP contribution in [0, 0.1) is 5.92 Å². The Labute approximate surface area is 101 Å². The van der Waals surface area contributed by atoms with Crippen LogP contribution in [0.3, 0.4) is 0 Å². The minimum atomic E-state index is -0.797. The van der Waals surface area contributed by atoms with Gasteiger partial charge in [-0.2, -0.15) is 0 Å². The average Bonchev–Trinajstić information content (AvgIpc) is 2.75. The van der Waals surface area contributed by atoms with E-state index in [0.717, 1.165) is 12.8 Å². The third-order valence-electron chi connectivity index (χ3n) is 3.90. The van der Waals surface area contributed by atoms with Crippen molar-refractivity contribution in [3.63, 3.8) is 0 Å². The lowest BCUT2D eigenvalue weighted by Crippen LogP contribution is -2.40. The van der Waals surface area contributed by atoms with Crippen LogP contribution < -0.4 is 0 Å². The average molecular weight is 240 g/mol. The molecule has 0 radical (unpaired) electrons. The first-order valence-electron chi connectivity index (χ1n) is 6.28. The molecule has 0 aromatic carbocycles. The summed E-state index contributed by atoms with van der Waals surface area (Å²) in [5, 5.41) is 9.16. The second-order valence-corrected chi connectivity index (χ2v) is 5.18. The van der Waals surface area contributed by atoms with Crippen molar-refractivity contribution in [1.29, 1.82) is 0 Å². The first kappa shape index (κ1) is 12.4. The van der Waals surface area contributed by atoms with Gasteiger partial charge in [-0.25, -0.2) is 0 Å². The molecule has 1 saturated heterocycles. The zero-order chi connectivity index (χ0) is 12.4. The first-order chi connectivity index (χ1) is 8.08. The number of carbonyl (C=O) groups is 2. The Balaban J connectivity index is 2.09. The number of aliphatic carboxylic acids is 1. The van der Waals surface area contributed by atoms with Crippen LogP contribution in [0.15, 0.2) is 0 Å². The Hall–Kier alpha value is -1.10. The molecule has 1 aliphatic heterocycles. The zero-order valence-electron chi connectivity index (χ0n) is 10.3. The number of hydrogen-bond acceptors (Lipinski definition) is 3. The van der Waals surface area contributed by atoms with E-state index in [1.54, 1.807) is 11.9 Å². The highest BCUT2D eigenvalue weighted by Crippen LogP contribution is 2.25. The second kappa shape index (κ2) is 5.04. The van der Waals surface area contributed by atoms with Gasteiger partial charge in [0.1, 0.15) is 0 Å². The van der Waals surface area contributed by atoms with Crippen LogP contribution in [-0.4, -0.2) is 59.5 Å². The molecule has 17 heavy (non-hydrogen) atoms. The number of carboxylic acid groups (broad SMARTS) is 1. The van der Waals surface area contributed by atoms with Crippen LogP contribution in [0.5, 0.6) is 0 Å². The number of nitrogens with zero attached hydrogens (tertiary/aromatic N) is 2. The molecule has 1 aliphatic carbocycles. The van der Waals surface area contributed by atoms with Crippen LogP contribution in [-0.2, 0) is 9.59 Å². The molecule has 2 rings (SSSR count). The molecule has 1 saturated carbocycles. The second-order valence-electron chi connectivity index (χ2n) is 5.18. The van der Waals surface area contributed by atoms with Gasteiger partial charge in [-0.1, -0.05) is 12.8 Å². The predicted molar refractivity (Wildman–Crippen MR) is 62.6 cm³/mol. The Morgan fingerprint density at radius 1 is 1.29 bits per heavy atom. The molecule has 1 N–H and O–H groups in total. The van der Waals surface area contributed by atoms with Gasteiger partial charge in [0.15, 0.2) is 0 Å². The lowest BCUT2D eigenvalue weighted by atomic mass is 10.1. The highest BCUT2D eigenvalue weighted by molar-refractivity contribution is 5.80. The third-order valence-corrected chi connectivity index (χ3v) is 3.90. The Kier molecular flexibility index (Phi) is 3.66. The number of likely N-dealkylation sites (N-methyl/N-ethyl adjacent to an activating group) is 1. The van der Waals surface area contributed by atoms with E-state index in [4.69, 9.17) is 5.11 Å². The van der Waals surface area contributed by atoms with Gasteiger partial charge >= 0.3 is 5.97 Å². The minimum Gasteiger partial charge on any atom is -0.481 e. The number of hydrogen-bond donors (Lipinski definition) is 1. The van der Waals surface area contributed by atoms with E-state index in [0.29, 0.717) is 25.7 Å². The topological polar surface area (TPSA) is 60.9 Å². The van der Waals surface area contributed by atoms with Gasteiger partial charge in [0.25, 0.3) is 0 Å². The van der Waals surface area contributed by atoms with Crippen molar-refractivity contribution in [1.82, 2.24) is 9.80 Å². The Bertz CT molecular complexity index is 313. The molecule has 1 heterocycles.